The molecule has 0 aliphatic rings. The Morgan fingerprint density at radius 1 is 1.29 bits per heavy atom. The van der Waals surface area contributed by atoms with Crippen molar-refractivity contribution < 1.29 is 9.90 Å². The molecule has 1 aromatic carbocycles. The molecule has 0 bridgehead atoms. The molecule has 2 amide bonds. The minimum atomic E-state index is -0.168. The van der Waals surface area contributed by atoms with Gasteiger partial charge in [-0.15, -0.1) is 0 Å². The quantitative estimate of drug-likeness (QED) is 0.701. The molecular formula is C13H20N2O2. The van der Waals surface area contributed by atoms with Gasteiger partial charge in [0.25, 0.3) is 0 Å². The van der Waals surface area contributed by atoms with Crippen LogP contribution in [-0.2, 0) is 6.54 Å². The molecular weight excluding hydrogens is 216 g/mol. The zero-order valence-corrected chi connectivity index (χ0v) is 10.1. The zero-order valence-electron chi connectivity index (χ0n) is 10.1. The third-order valence-corrected chi connectivity index (χ3v) is 2.53. The number of carbonyl (C=O) groups is 1. The molecule has 1 unspecified atom stereocenters. The number of carbonyl (C=O) groups excluding carboxylic acids is 1. The van der Waals surface area contributed by atoms with E-state index in [9.17, 15) is 4.79 Å². The van der Waals surface area contributed by atoms with Gasteiger partial charge in [-0.3, -0.25) is 0 Å². The lowest BCUT2D eigenvalue weighted by atomic mass is 10.1. The van der Waals surface area contributed by atoms with Crippen LogP contribution in [0.1, 0.15) is 18.9 Å². The maximum atomic E-state index is 11.4. The van der Waals surface area contributed by atoms with Gasteiger partial charge in [0.2, 0.25) is 0 Å². The second-order valence-electron chi connectivity index (χ2n) is 4.17. The summed E-state index contributed by atoms with van der Waals surface area (Å²) in [5, 5.41) is 14.3. The highest BCUT2D eigenvalue weighted by molar-refractivity contribution is 5.73. The molecule has 1 atom stereocenters. The number of aliphatic hydroxyl groups is 1. The first kappa shape index (κ1) is 13.5. The van der Waals surface area contributed by atoms with Crippen LogP contribution in [0, 0.1) is 5.92 Å². The number of aliphatic hydroxyl groups excluding tert-OH is 1. The SMILES string of the molecule is CC(CCO)CNC(=O)NCc1ccccc1. The second-order valence-corrected chi connectivity index (χ2v) is 4.17. The molecule has 0 aliphatic carbocycles. The van der Waals surface area contributed by atoms with Gasteiger partial charge in [-0.25, -0.2) is 4.79 Å². The number of hydrogen-bond donors (Lipinski definition) is 3. The molecule has 1 aromatic rings. The Kier molecular flexibility index (Phi) is 6.10. The van der Waals surface area contributed by atoms with Crippen LogP contribution in [0.25, 0.3) is 0 Å². The molecule has 3 N–H and O–H groups in total. The van der Waals surface area contributed by atoms with Gasteiger partial charge in [-0.05, 0) is 17.9 Å². The average Bonchev–Trinajstić information content (AvgIpc) is 2.35. The van der Waals surface area contributed by atoms with E-state index in [-0.39, 0.29) is 12.6 Å². The number of urea groups is 1. The first-order valence-electron chi connectivity index (χ1n) is 5.89. The Morgan fingerprint density at radius 3 is 2.65 bits per heavy atom. The van der Waals surface area contributed by atoms with Gasteiger partial charge in [0, 0.05) is 19.7 Å². The minimum absolute atomic E-state index is 0.161. The molecule has 0 fully saturated rings. The van der Waals surface area contributed by atoms with E-state index in [0.29, 0.717) is 25.4 Å². The predicted octanol–water partition coefficient (Wildman–Crippen LogP) is 1.50. The molecule has 0 saturated carbocycles. The van der Waals surface area contributed by atoms with E-state index in [4.69, 9.17) is 5.11 Å². The van der Waals surface area contributed by atoms with Gasteiger partial charge in [-0.2, -0.15) is 0 Å². The monoisotopic (exact) mass is 236 g/mol. The Labute approximate surface area is 102 Å². The van der Waals surface area contributed by atoms with Gasteiger partial charge in [0.1, 0.15) is 0 Å². The van der Waals surface area contributed by atoms with Crippen molar-refractivity contribution in [1.82, 2.24) is 10.6 Å². The Hall–Kier alpha value is -1.55. The van der Waals surface area contributed by atoms with E-state index >= 15 is 0 Å². The van der Waals surface area contributed by atoms with E-state index in [1.165, 1.54) is 0 Å². The van der Waals surface area contributed by atoms with Gasteiger partial charge in [0.05, 0.1) is 0 Å². The van der Waals surface area contributed by atoms with Crippen LogP contribution in [0.5, 0.6) is 0 Å². The summed E-state index contributed by atoms with van der Waals surface area (Å²) < 4.78 is 0. The zero-order chi connectivity index (χ0) is 12.5. The highest BCUT2D eigenvalue weighted by Gasteiger charge is 2.04. The minimum Gasteiger partial charge on any atom is -0.396 e. The largest absolute Gasteiger partial charge is 0.396 e. The van der Waals surface area contributed by atoms with Crippen LogP contribution in [0.3, 0.4) is 0 Å². The average molecular weight is 236 g/mol. The van der Waals surface area contributed by atoms with E-state index in [2.05, 4.69) is 10.6 Å². The number of hydrogen-bond acceptors (Lipinski definition) is 2. The number of benzene rings is 1. The van der Waals surface area contributed by atoms with E-state index in [0.717, 1.165) is 5.56 Å². The van der Waals surface area contributed by atoms with Crippen LogP contribution in [0.15, 0.2) is 30.3 Å². The Morgan fingerprint density at radius 2 is 2.00 bits per heavy atom. The van der Waals surface area contributed by atoms with Gasteiger partial charge < -0.3 is 15.7 Å². The summed E-state index contributed by atoms with van der Waals surface area (Å²) in [4.78, 5) is 11.4. The molecule has 0 aliphatic heterocycles. The van der Waals surface area contributed by atoms with Crippen molar-refractivity contribution in [2.75, 3.05) is 13.2 Å². The molecule has 94 valence electrons. The number of rotatable bonds is 6. The molecule has 4 heteroatoms. The molecule has 1 rings (SSSR count). The van der Waals surface area contributed by atoms with E-state index in [1.54, 1.807) is 0 Å². The maximum absolute atomic E-state index is 11.4. The third-order valence-electron chi connectivity index (χ3n) is 2.53. The van der Waals surface area contributed by atoms with E-state index in [1.807, 2.05) is 37.3 Å². The molecule has 0 saturated heterocycles. The van der Waals surface area contributed by atoms with Crippen LogP contribution in [0.4, 0.5) is 4.79 Å². The summed E-state index contributed by atoms with van der Waals surface area (Å²) in [5.41, 5.74) is 1.08. The van der Waals surface area contributed by atoms with Crippen LogP contribution in [0.2, 0.25) is 0 Å². The molecule has 0 spiro atoms. The maximum Gasteiger partial charge on any atom is 0.315 e. The standard InChI is InChI=1S/C13H20N2O2/c1-11(7-8-16)9-14-13(17)15-10-12-5-3-2-4-6-12/h2-6,11,16H,7-10H2,1H3,(H2,14,15,17). The molecule has 17 heavy (non-hydrogen) atoms. The molecule has 0 radical (unpaired) electrons. The van der Waals surface area contributed by atoms with Crippen LogP contribution < -0.4 is 10.6 Å². The van der Waals surface area contributed by atoms with Crippen molar-refractivity contribution in [3.8, 4) is 0 Å². The topological polar surface area (TPSA) is 61.4 Å². The second kappa shape index (κ2) is 7.68. The van der Waals surface area contributed by atoms with Crippen LogP contribution >= 0.6 is 0 Å². The van der Waals surface area contributed by atoms with Crippen molar-refractivity contribution in [2.45, 2.75) is 19.9 Å². The number of amides is 2. The van der Waals surface area contributed by atoms with Crippen molar-refractivity contribution in [3.05, 3.63) is 35.9 Å². The summed E-state index contributed by atoms with van der Waals surface area (Å²) >= 11 is 0. The van der Waals surface area contributed by atoms with Crippen molar-refractivity contribution >= 4 is 6.03 Å². The first-order chi connectivity index (χ1) is 8.22. The Bertz CT molecular complexity index is 327. The lowest BCUT2D eigenvalue weighted by Gasteiger charge is -2.12. The third kappa shape index (κ3) is 5.92. The van der Waals surface area contributed by atoms with Gasteiger partial charge in [-0.1, -0.05) is 37.3 Å². The number of nitrogens with one attached hydrogen (secondary N) is 2. The predicted molar refractivity (Wildman–Crippen MR) is 67.5 cm³/mol. The summed E-state index contributed by atoms with van der Waals surface area (Å²) in [6, 6.07) is 9.60. The van der Waals surface area contributed by atoms with Crippen molar-refractivity contribution in [3.63, 3.8) is 0 Å². The summed E-state index contributed by atoms with van der Waals surface area (Å²) in [7, 11) is 0. The van der Waals surface area contributed by atoms with E-state index < -0.39 is 0 Å². The molecule has 0 heterocycles. The fourth-order valence-corrected chi connectivity index (χ4v) is 1.43. The molecule has 0 aromatic heterocycles. The Balaban J connectivity index is 2.17. The lowest BCUT2D eigenvalue weighted by molar-refractivity contribution is 0.233. The van der Waals surface area contributed by atoms with Gasteiger partial charge >= 0.3 is 6.03 Å². The summed E-state index contributed by atoms with van der Waals surface area (Å²) in [5.74, 6) is 0.294. The van der Waals surface area contributed by atoms with Gasteiger partial charge in [0.15, 0.2) is 0 Å². The fraction of sp³-hybridized carbons (Fsp3) is 0.462. The summed E-state index contributed by atoms with van der Waals surface area (Å²) in [6.07, 6.45) is 0.707. The van der Waals surface area contributed by atoms with Crippen LogP contribution in [-0.4, -0.2) is 24.3 Å². The highest BCUT2D eigenvalue weighted by Crippen LogP contribution is 1.98. The molecule has 4 nitrogen and oxygen atoms in total. The fourth-order valence-electron chi connectivity index (χ4n) is 1.43. The van der Waals surface area contributed by atoms with Crippen molar-refractivity contribution in [1.29, 1.82) is 0 Å². The van der Waals surface area contributed by atoms with Crippen molar-refractivity contribution in [2.24, 2.45) is 5.92 Å². The smallest absolute Gasteiger partial charge is 0.315 e. The first-order valence-corrected chi connectivity index (χ1v) is 5.89. The normalized spacial score (nSPS) is 11.9. The summed E-state index contributed by atoms with van der Waals surface area (Å²) in [6.45, 7) is 3.27. The highest BCUT2D eigenvalue weighted by atomic mass is 16.3. The lowest BCUT2D eigenvalue weighted by Crippen LogP contribution is -2.37.